The van der Waals surface area contributed by atoms with Crippen molar-refractivity contribution in [1.82, 2.24) is 0 Å². The molecule has 0 fully saturated rings. The molecule has 1 N–H and O–H groups in total. The van der Waals surface area contributed by atoms with E-state index in [-0.39, 0.29) is 0 Å². The first-order valence-electron chi connectivity index (χ1n) is 5.85. The van der Waals surface area contributed by atoms with Crippen LogP contribution in [-0.4, -0.2) is 12.2 Å². The fourth-order valence-electron chi connectivity index (χ4n) is 1.68. The molecule has 0 aliphatic rings. The van der Waals surface area contributed by atoms with Crippen LogP contribution < -0.4 is 4.74 Å². The smallest absolute Gasteiger partial charge is 0.118 e. The highest BCUT2D eigenvalue weighted by Crippen LogP contribution is 2.19. The largest absolute Gasteiger partial charge is 0.497 e. The predicted molar refractivity (Wildman–Crippen MR) is 73.4 cm³/mol. The molecule has 0 spiro atoms. The van der Waals surface area contributed by atoms with Gasteiger partial charge in [-0.15, -0.1) is 0 Å². The number of rotatable bonds is 4. The van der Waals surface area contributed by atoms with Crippen LogP contribution in [0.2, 0.25) is 0 Å². The number of hydrogen-bond donors (Lipinski definition) is 1. The lowest BCUT2D eigenvalue weighted by Crippen LogP contribution is -1.93. The maximum atomic E-state index is 10.0. The van der Waals surface area contributed by atoms with Gasteiger partial charge < -0.3 is 9.84 Å². The van der Waals surface area contributed by atoms with Gasteiger partial charge >= 0.3 is 0 Å². The Kier molecular flexibility index (Phi) is 4.15. The van der Waals surface area contributed by atoms with Crippen molar-refractivity contribution in [3.05, 3.63) is 71.8 Å². The number of methoxy groups -OCH3 is 1. The Balaban J connectivity index is 2.07. The third-order valence-electron chi connectivity index (χ3n) is 2.73. The summed E-state index contributed by atoms with van der Waals surface area (Å²) in [6, 6.07) is 17.3. The van der Waals surface area contributed by atoms with Gasteiger partial charge in [0, 0.05) is 0 Å². The van der Waals surface area contributed by atoms with Gasteiger partial charge in [-0.25, -0.2) is 0 Å². The van der Waals surface area contributed by atoms with Crippen LogP contribution in [-0.2, 0) is 0 Å². The van der Waals surface area contributed by atoms with Gasteiger partial charge in [-0.1, -0.05) is 54.6 Å². The third kappa shape index (κ3) is 3.22. The van der Waals surface area contributed by atoms with Crippen molar-refractivity contribution >= 4 is 6.08 Å². The molecular weight excluding hydrogens is 224 g/mol. The fourth-order valence-corrected chi connectivity index (χ4v) is 1.68. The molecule has 2 aromatic carbocycles. The lowest BCUT2D eigenvalue weighted by molar-refractivity contribution is 0.229. The zero-order valence-electron chi connectivity index (χ0n) is 10.3. The number of aliphatic hydroxyl groups excluding tert-OH is 1. The molecule has 18 heavy (non-hydrogen) atoms. The number of ether oxygens (including phenoxy) is 1. The van der Waals surface area contributed by atoms with Crippen molar-refractivity contribution in [2.45, 2.75) is 6.10 Å². The van der Waals surface area contributed by atoms with Crippen LogP contribution in [0, 0.1) is 0 Å². The summed E-state index contributed by atoms with van der Waals surface area (Å²) in [6.07, 6.45) is 3.09. The molecule has 1 atom stereocenters. The van der Waals surface area contributed by atoms with E-state index in [2.05, 4.69) is 0 Å². The van der Waals surface area contributed by atoms with Gasteiger partial charge in [-0.05, 0) is 23.3 Å². The fraction of sp³-hybridized carbons (Fsp3) is 0.125. The number of benzene rings is 2. The van der Waals surface area contributed by atoms with Crippen LogP contribution in [0.25, 0.3) is 6.08 Å². The van der Waals surface area contributed by atoms with E-state index in [9.17, 15) is 5.11 Å². The Hall–Kier alpha value is -2.06. The molecule has 0 aliphatic heterocycles. The quantitative estimate of drug-likeness (QED) is 0.887. The molecule has 0 saturated carbocycles. The highest BCUT2D eigenvalue weighted by Gasteiger charge is 2.02. The third-order valence-corrected chi connectivity index (χ3v) is 2.73. The van der Waals surface area contributed by atoms with Crippen molar-refractivity contribution in [3.63, 3.8) is 0 Å². The van der Waals surface area contributed by atoms with Crippen molar-refractivity contribution < 1.29 is 9.84 Å². The Morgan fingerprint density at radius 3 is 2.28 bits per heavy atom. The minimum atomic E-state index is -0.601. The molecule has 2 aromatic rings. The summed E-state index contributed by atoms with van der Waals surface area (Å²) >= 11 is 0. The second-order valence-corrected chi connectivity index (χ2v) is 3.99. The van der Waals surface area contributed by atoms with Crippen molar-refractivity contribution in [3.8, 4) is 5.75 Å². The SMILES string of the molecule is COc1ccc(C(O)C=Cc2ccccc2)cc1. The van der Waals surface area contributed by atoms with Gasteiger partial charge in [0.15, 0.2) is 0 Å². The molecular formula is C16H16O2. The van der Waals surface area contributed by atoms with Crippen molar-refractivity contribution in [2.75, 3.05) is 7.11 Å². The molecule has 0 bridgehead atoms. The van der Waals surface area contributed by atoms with Gasteiger partial charge in [0.2, 0.25) is 0 Å². The van der Waals surface area contributed by atoms with Crippen LogP contribution in [0.1, 0.15) is 17.2 Å². The summed E-state index contributed by atoms with van der Waals surface area (Å²) in [5, 5.41) is 10.0. The standard InChI is InChI=1S/C16H16O2/c1-18-15-10-8-14(9-11-15)16(17)12-7-13-5-3-2-4-6-13/h2-12,16-17H,1H3. The van der Waals surface area contributed by atoms with E-state index in [4.69, 9.17) is 4.74 Å². The summed E-state index contributed by atoms with van der Waals surface area (Å²) in [5.74, 6) is 0.790. The van der Waals surface area contributed by atoms with Gasteiger partial charge in [0.1, 0.15) is 5.75 Å². The number of hydrogen-bond acceptors (Lipinski definition) is 2. The second kappa shape index (κ2) is 6.03. The predicted octanol–water partition coefficient (Wildman–Crippen LogP) is 3.44. The summed E-state index contributed by atoms with van der Waals surface area (Å²) in [4.78, 5) is 0. The van der Waals surface area contributed by atoms with Gasteiger partial charge in [-0.3, -0.25) is 0 Å². The van der Waals surface area contributed by atoms with E-state index in [1.807, 2.05) is 60.7 Å². The lowest BCUT2D eigenvalue weighted by Gasteiger charge is -2.07. The van der Waals surface area contributed by atoms with Crippen LogP contribution in [0.5, 0.6) is 5.75 Å². The van der Waals surface area contributed by atoms with E-state index in [0.717, 1.165) is 16.9 Å². The average Bonchev–Trinajstić information content (AvgIpc) is 2.46. The topological polar surface area (TPSA) is 29.5 Å². The maximum Gasteiger partial charge on any atom is 0.118 e. The van der Waals surface area contributed by atoms with E-state index in [1.54, 1.807) is 13.2 Å². The van der Waals surface area contributed by atoms with E-state index < -0.39 is 6.10 Å². The summed E-state index contributed by atoms with van der Waals surface area (Å²) in [6.45, 7) is 0. The van der Waals surface area contributed by atoms with Crippen LogP contribution >= 0.6 is 0 Å². The highest BCUT2D eigenvalue weighted by atomic mass is 16.5. The molecule has 1 unspecified atom stereocenters. The van der Waals surface area contributed by atoms with Crippen molar-refractivity contribution in [2.24, 2.45) is 0 Å². The van der Waals surface area contributed by atoms with Gasteiger partial charge in [0.25, 0.3) is 0 Å². The highest BCUT2D eigenvalue weighted by molar-refractivity contribution is 5.50. The second-order valence-electron chi connectivity index (χ2n) is 3.99. The molecule has 2 rings (SSSR count). The molecule has 0 heterocycles. The molecule has 0 saturated heterocycles. The minimum absolute atomic E-state index is 0.601. The summed E-state index contributed by atoms with van der Waals surface area (Å²) < 4.78 is 5.08. The molecule has 0 radical (unpaired) electrons. The van der Waals surface area contributed by atoms with Gasteiger partial charge in [-0.2, -0.15) is 0 Å². The molecule has 0 amide bonds. The normalized spacial score (nSPS) is 12.6. The first-order chi connectivity index (χ1) is 8.79. The molecule has 0 aliphatic carbocycles. The lowest BCUT2D eigenvalue weighted by atomic mass is 10.1. The molecule has 92 valence electrons. The van der Waals surface area contributed by atoms with Crippen LogP contribution in [0.3, 0.4) is 0 Å². The number of aliphatic hydroxyl groups is 1. The Morgan fingerprint density at radius 1 is 1.00 bits per heavy atom. The Morgan fingerprint density at radius 2 is 1.67 bits per heavy atom. The molecule has 0 aromatic heterocycles. The van der Waals surface area contributed by atoms with E-state index in [0.29, 0.717) is 0 Å². The van der Waals surface area contributed by atoms with E-state index >= 15 is 0 Å². The summed E-state index contributed by atoms with van der Waals surface area (Å²) in [7, 11) is 1.63. The zero-order chi connectivity index (χ0) is 12.8. The monoisotopic (exact) mass is 240 g/mol. The summed E-state index contributed by atoms with van der Waals surface area (Å²) in [5.41, 5.74) is 1.92. The average molecular weight is 240 g/mol. The van der Waals surface area contributed by atoms with E-state index in [1.165, 1.54) is 0 Å². The first kappa shape index (κ1) is 12.4. The Bertz CT molecular complexity index is 500. The van der Waals surface area contributed by atoms with Crippen molar-refractivity contribution in [1.29, 1.82) is 0 Å². The van der Waals surface area contributed by atoms with Crippen LogP contribution in [0.15, 0.2) is 60.7 Å². The zero-order valence-corrected chi connectivity index (χ0v) is 10.3. The molecule has 2 heteroatoms. The van der Waals surface area contributed by atoms with Gasteiger partial charge in [0.05, 0.1) is 13.2 Å². The maximum absolute atomic E-state index is 10.0. The minimum Gasteiger partial charge on any atom is -0.497 e. The first-order valence-corrected chi connectivity index (χ1v) is 5.85. The molecule has 2 nitrogen and oxygen atoms in total. The van der Waals surface area contributed by atoms with Crippen LogP contribution in [0.4, 0.5) is 0 Å². The Labute approximate surface area is 107 Å².